The van der Waals surface area contributed by atoms with Gasteiger partial charge in [0.25, 0.3) is 0 Å². The minimum absolute atomic E-state index is 0.287. The number of hydrogen-bond donors (Lipinski definition) is 1. The van der Waals surface area contributed by atoms with Crippen LogP contribution in [0.3, 0.4) is 0 Å². The van der Waals surface area contributed by atoms with Gasteiger partial charge in [-0.1, -0.05) is 35.9 Å². The summed E-state index contributed by atoms with van der Waals surface area (Å²) in [5.41, 5.74) is 7.90. The van der Waals surface area contributed by atoms with Crippen LogP contribution in [0.2, 0.25) is 5.02 Å². The Morgan fingerprint density at radius 2 is 1.73 bits per heavy atom. The van der Waals surface area contributed by atoms with Crippen molar-refractivity contribution in [2.24, 2.45) is 0 Å². The van der Waals surface area contributed by atoms with E-state index in [1.165, 1.54) is 0 Å². The Bertz CT molecular complexity index is 2040. The average molecular weight is 609 g/mol. The Morgan fingerprint density at radius 3 is 2.43 bits per heavy atom. The molecule has 9 nitrogen and oxygen atoms in total. The number of halogens is 1. The third-order valence-electron chi connectivity index (χ3n) is 8.23. The Balaban J connectivity index is 1.30. The first-order valence-corrected chi connectivity index (χ1v) is 14.5. The molecule has 1 saturated heterocycles. The van der Waals surface area contributed by atoms with Crippen molar-refractivity contribution < 1.29 is 23.8 Å². The fraction of sp³-hybridized carbons (Fsp3) is 0.206. The van der Waals surface area contributed by atoms with Crippen molar-refractivity contribution in [3.8, 4) is 39.8 Å². The number of β-amino-alcohol motifs (C(OH)–C–C–N with tert-alkyl or cyclic N) is 1. The second-order valence-corrected chi connectivity index (χ2v) is 11.3. The average Bonchev–Trinajstić information content (AvgIpc) is 3.65. The highest BCUT2D eigenvalue weighted by Crippen LogP contribution is 2.39. The molecule has 0 atom stereocenters. The Morgan fingerprint density at radius 1 is 1.02 bits per heavy atom. The standard InChI is InChI=1S/C34H29ClN4O5/c1-19-23(6-4-7-24(19)34-37-29-11-20(18-40)10-28(35)33(29)44-34)25-8-5-9-30-26(25)14-36-39(30)21-12-31(42-2)27(32(13-21)43-3)17-38-15-22(41)16-38/h4-14,18,22,41H,15-17H2,1-3H3. The van der Waals surface area contributed by atoms with E-state index in [9.17, 15) is 9.90 Å². The summed E-state index contributed by atoms with van der Waals surface area (Å²) in [6, 6.07) is 19.3. The third kappa shape index (κ3) is 4.70. The highest BCUT2D eigenvalue weighted by Gasteiger charge is 2.27. The quantitative estimate of drug-likeness (QED) is 0.196. The maximum Gasteiger partial charge on any atom is 0.227 e. The summed E-state index contributed by atoms with van der Waals surface area (Å²) >= 11 is 6.38. The summed E-state index contributed by atoms with van der Waals surface area (Å²) in [6.07, 6.45) is 2.32. The van der Waals surface area contributed by atoms with Crippen molar-refractivity contribution in [3.05, 3.63) is 88.6 Å². The summed E-state index contributed by atoms with van der Waals surface area (Å²) in [5, 5.41) is 15.8. The molecule has 0 amide bonds. The molecule has 0 unspecified atom stereocenters. The number of nitrogens with zero attached hydrogens (tertiary/aromatic N) is 4. The molecule has 0 bridgehead atoms. The minimum atomic E-state index is -0.287. The number of ether oxygens (including phenoxy) is 2. The lowest BCUT2D eigenvalue weighted by Crippen LogP contribution is -2.49. The molecule has 10 heteroatoms. The lowest BCUT2D eigenvalue weighted by Gasteiger charge is -2.36. The van der Waals surface area contributed by atoms with Gasteiger partial charge in [-0.2, -0.15) is 5.10 Å². The van der Waals surface area contributed by atoms with Crippen LogP contribution >= 0.6 is 11.6 Å². The summed E-state index contributed by atoms with van der Waals surface area (Å²) in [7, 11) is 3.29. The van der Waals surface area contributed by atoms with Gasteiger partial charge in [0.1, 0.15) is 23.3 Å². The van der Waals surface area contributed by atoms with Crippen molar-refractivity contribution >= 4 is 39.9 Å². The predicted molar refractivity (Wildman–Crippen MR) is 169 cm³/mol. The SMILES string of the molecule is COc1cc(-n2ncc3c(-c4cccc(-c5nc6cc(C=O)cc(Cl)c6o5)c4C)cccc32)cc(OC)c1CN1CC(O)C1. The van der Waals surface area contributed by atoms with Crippen LogP contribution in [-0.2, 0) is 6.54 Å². The third-order valence-corrected chi connectivity index (χ3v) is 8.51. The van der Waals surface area contributed by atoms with E-state index < -0.39 is 0 Å². The second kappa shape index (κ2) is 11.1. The van der Waals surface area contributed by atoms with E-state index in [0.29, 0.717) is 58.7 Å². The first-order chi connectivity index (χ1) is 21.4. The molecule has 1 N–H and O–H groups in total. The maximum absolute atomic E-state index is 11.3. The molecule has 1 fully saturated rings. The van der Waals surface area contributed by atoms with Gasteiger partial charge in [-0.15, -0.1) is 0 Å². The number of aldehydes is 1. The number of oxazole rings is 1. The zero-order chi connectivity index (χ0) is 30.5. The minimum Gasteiger partial charge on any atom is -0.496 e. The summed E-state index contributed by atoms with van der Waals surface area (Å²) < 4.78 is 19.5. The zero-order valence-electron chi connectivity index (χ0n) is 24.4. The number of rotatable bonds is 8. The first-order valence-electron chi connectivity index (χ1n) is 14.2. The van der Waals surface area contributed by atoms with Gasteiger partial charge in [0.05, 0.1) is 48.3 Å². The van der Waals surface area contributed by atoms with Gasteiger partial charge in [0.2, 0.25) is 5.89 Å². The van der Waals surface area contributed by atoms with Crippen LogP contribution in [0.5, 0.6) is 11.5 Å². The normalized spacial score (nSPS) is 13.8. The smallest absolute Gasteiger partial charge is 0.227 e. The molecule has 0 saturated carbocycles. The van der Waals surface area contributed by atoms with Gasteiger partial charge in [-0.05, 0) is 47.9 Å². The molecule has 44 heavy (non-hydrogen) atoms. The summed E-state index contributed by atoms with van der Waals surface area (Å²) in [5.74, 6) is 1.82. The Hall–Kier alpha value is -4.70. The van der Waals surface area contributed by atoms with Gasteiger partial charge >= 0.3 is 0 Å². The molecule has 0 aliphatic carbocycles. The number of carbonyl (C=O) groups is 1. The van der Waals surface area contributed by atoms with Crippen molar-refractivity contribution in [1.82, 2.24) is 19.7 Å². The molecule has 4 aromatic carbocycles. The van der Waals surface area contributed by atoms with E-state index >= 15 is 0 Å². The molecule has 1 aliphatic rings. The van der Waals surface area contributed by atoms with Gasteiger partial charge in [0.15, 0.2) is 5.58 Å². The van der Waals surface area contributed by atoms with Gasteiger partial charge < -0.3 is 19.0 Å². The number of methoxy groups -OCH3 is 2. The fourth-order valence-corrected chi connectivity index (χ4v) is 6.25. The van der Waals surface area contributed by atoms with E-state index in [2.05, 4.69) is 22.0 Å². The van der Waals surface area contributed by atoms with E-state index in [1.807, 2.05) is 54.2 Å². The lowest BCUT2D eigenvalue weighted by atomic mass is 9.94. The van der Waals surface area contributed by atoms with Crippen LogP contribution in [0.25, 0.3) is 50.3 Å². The number of fused-ring (bicyclic) bond motifs is 2. The van der Waals surface area contributed by atoms with E-state index in [-0.39, 0.29) is 6.10 Å². The molecule has 3 heterocycles. The van der Waals surface area contributed by atoms with Crippen LogP contribution in [0.1, 0.15) is 21.5 Å². The van der Waals surface area contributed by atoms with Crippen LogP contribution < -0.4 is 9.47 Å². The lowest BCUT2D eigenvalue weighted by molar-refractivity contribution is -0.00358. The summed E-state index contributed by atoms with van der Waals surface area (Å²) in [4.78, 5) is 18.1. The monoisotopic (exact) mass is 608 g/mol. The van der Waals surface area contributed by atoms with Gasteiger partial charge in [0, 0.05) is 48.3 Å². The molecule has 2 aromatic heterocycles. The molecular weight excluding hydrogens is 580 g/mol. The van der Waals surface area contributed by atoms with Crippen molar-refractivity contribution in [2.45, 2.75) is 19.6 Å². The van der Waals surface area contributed by atoms with Gasteiger partial charge in [-0.25, -0.2) is 9.67 Å². The number of hydrogen-bond acceptors (Lipinski definition) is 8. The summed E-state index contributed by atoms with van der Waals surface area (Å²) in [6.45, 7) is 3.91. The largest absolute Gasteiger partial charge is 0.496 e. The maximum atomic E-state index is 11.3. The number of aliphatic hydroxyl groups excluding tert-OH is 1. The molecular formula is C34H29ClN4O5. The van der Waals surface area contributed by atoms with Crippen molar-refractivity contribution in [2.75, 3.05) is 27.3 Å². The van der Waals surface area contributed by atoms with E-state index in [4.69, 9.17) is 30.6 Å². The number of carbonyl (C=O) groups excluding carboxylic acids is 1. The molecule has 7 rings (SSSR count). The Kier molecular flexibility index (Phi) is 7.08. The molecule has 222 valence electrons. The zero-order valence-corrected chi connectivity index (χ0v) is 25.1. The molecule has 1 aliphatic heterocycles. The highest BCUT2D eigenvalue weighted by atomic mass is 35.5. The van der Waals surface area contributed by atoms with Crippen LogP contribution in [-0.4, -0.2) is 64.5 Å². The molecule has 0 spiro atoms. The number of benzene rings is 4. The second-order valence-electron chi connectivity index (χ2n) is 10.9. The highest BCUT2D eigenvalue weighted by molar-refractivity contribution is 6.35. The number of aliphatic hydroxyl groups is 1. The van der Waals surface area contributed by atoms with Gasteiger partial charge in [-0.3, -0.25) is 9.69 Å². The van der Waals surface area contributed by atoms with E-state index in [1.54, 1.807) is 26.4 Å². The number of likely N-dealkylation sites (tertiary alicyclic amines) is 1. The van der Waals surface area contributed by atoms with Crippen molar-refractivity contribution in [1.29, 1.82) is 0 Å². The molecule has 6 aromatic rings. The van der Waals surface area contributed by atoms with Crippen molar-refractivity contribution in [3.63, 3.8) is 0 Å². The Labute approximate surface area is 258 Å². The molecule has 0 radical (unpaired) electrons. The predicted octanol–water partition coefficient (Wildman–Crippen LogP) is 6.47. The first kappa shape index (κ1) is 28.1. The van der Waals surface area contributed by atoms with Crippen LogP contribution in [0, 0.1) is 6.92 Å². The topological polar surface area (TPSA) is 103 Å². The van der Waals surface area contributed by atoms with E-state index in [0.717, 1.165) is 50.7 Å². The fourth-order valence-electron chi connectivity index (χ4n) is 5.99. The van der Waals surface area contributed by atoms with Crippen LogP contribution in [0.15, 0.2) is 71.3 Å². The number of aromatic nitrogens is 3. The van der Waals surface area contributed by atoms with Crippen LogP contribution in [0.4, 0.5) is 0 Å².